The van der Waals surface area contributed by atoms with Crippen molar-refractivity contribution in [3.63, 3.8) is 0 Å². The molecule has 1 aliphatic carbocycles. The van der Waals surface area contributed by atoms with Crippen molar-refractivity contribution in [1.82, 2.24) is 0 Å². The molecular weight excluding hydrogens is 342 g/mol. The largest absolute Gasteiger partial charge is 0.507 e. The van der Waals surface area contributed by atoms with Gasteiger partial charge in [-0.3, -0.25) is 0 Å². The number of fused-ring (bicyclic) bond motifs is 2. The van der Waals surface area contributed by atoms with E-state index in [0.717, 1.165) is 27.6 Å². The molecule has 5 rings (SSSR count). The zero-order valence-corrected chi connectivity index (χ0v) is 16.0. The summed E-state index contributed by atoms with van der Waals surface area (Å²) in [6.07, 6.45) is 6.36. The minimum atomic E-state index is 0.335. The molecule has 1 saturated carbocycles. The Morgan fingerprint density at radius 2 is 1.25 bits per heavy atom. The van der Waals surface area contributed by atoms with Crippen LogP contribution in [-0.4, -0.2) is 11.1 Å². The molecule has 1 fully saturated rings. The predicted molar refractivity (Wildman–Crippen MR) is 119 cm³/mol. The predicted octanol–water partition coefficient (Wildman–Crippen LogP) is 7.11. The van der Waals surface area contributed by atoms with Crippen molar-refractivity contribution in [3.8, 4) is 16.9 Å². The number of rotatable bonds is 3. The fourth-order valence-electron chi connectivity index (χ4n) is 4.65. The summed E-state index contributed by atoms with van der Waals surface area (Å²) in [5.74, 6) is 0.335. The molecule has 4 aromatic rings. The normalized spacial score (nSPS) is 15.1. The monoisotopic (exact) mass is 367 g/mol. The zero-order chi connectivity index (χ0) is 18.9. The first-order valence-electron chi connectivity index (χ1n) is 10.3. The number of anilines is 1. The van der Waals surface area contributed by atoms with Crippen LogP contribution in [0.15, 0.2) is 72.8 Å². The van der Waals surface area contributed by atoms with Crippen LogP contribution in [0.3, 0.4) is 0 Å². The maximum absolute atomic E-state index is 10.9. The molecule has 4 aromatic carbocycles. The molecule has 2 N–H and O–H groups in total. The molecule has 140 valence electrons. The van der Waals surface area contributed by atoms with Crippen LogP contribution in [0.4, 0.5) is 5.69 Å². The lowest BCUT2D eigenvalue weighted by atomic mass is 9.90. The topological polar surface area (TPSA) is 32.3 Å². The summed E-state index contributed by atoms with van der Waals surface area (Å²) in [5, 5.41) is 19.3. The van der Waals surface area contributed by atoms with Crippen molar-refractivity contribution in [1.29, 1.82) is 0 Å². The van der Waals surface area contributed by atoms with Crippen molar-refractivity contribution in [2.24, 2.45) is 0 Å². The molecule has 0 atom stereocenters. The van der Waals surface area contributed by atoms with Gasteiger partial charge in [0, 0.05) is 22.9 Å². The molecule has 1 aliphatic rings. The summed E-state index contributed by atoms with van der Waals surface area (Å²) < 4.78 is 0. The molecule has 0 radical (unpaired) electrons. The Bertz CT molecular complexity index is 1140. The molecule has 28 heavy (non-hydrogen) atoms. The third kappa shape index (κ3) is 2.99. The second kappa shape index (κ2) is 7.20. The summed E-state index contributed by atoms with van der Waals surface area (Å²) in [5.41, 5.74) is 3.16. The van der Waals surface area contributed by atoms with Crippen LogP contribution in [-0.2, 0) is 0 Å². The van der Waals surface area contributed by atoms with Gasteiger partial charge in [0.05, 0.1) is 0 Å². The first-order chi connectivity index (χ1) is 13.8. The van der Waals surface area contributed by atoms with Crippen molar-refractivity contribution in [3.05, 3.63) is 72.8 Å². The van der Waals surface area contributed by atoms with Gasteiger partial charge >= 0.3 is 0 Å². The summed E-state index contributed by atoms with van der Waals surface area (Å²) in [7, 11) is 0. The molecule has 0 spiro atoms. The Labute approximate surface area is 165 Å². The lowest BCUT2D eigenvalue weighted by Crippen LogP contribution is -2.22. The van der Waals surface area contributed by atoms with Gasteiger partial charge in [0.15, 0.2) is 0 Å². The van der Waals surface area contributed by atoms with Crippen LogP contribution in [0.5, 0.6) is 5.75 Å². The van der Waals surface area contributed by atoms with Gasteiger partial charge in [-0.25, -0.2) is 0 Å². The van der Waals surface area contributed by atoms with Crippen LogP contribution < -0.4 is 5.32 Å². The summed E-state index contributed by atoms with van der Waals surface area (Å²) in [6.45, 7) is 0. The van der Waals surface area contributed by atoms with E-state index in [4.69, 9.17) is 0 Å². The zero-order valence-electron chi connectivity index (χ0n) is 16.0. The summed E-state index contributed by atoms with van der Waals surface area (Å²) >= 11 is 0. The summed E-state index contributed by atoms with van der Waals surface area (Å²) in [6, 6.07) is 25.5. The quantitative estimate of drug-likeness (QED) is 0.404. The Hall–Kier alpha value is -3.00. The van der Waals surface area contributed by atoms with Crippen molar-refractivity contribution >= 4 is 27.2 Å². The van der Waals surface area contributed by atoms with Gasteiger partial charge in [0.25, 0.3) is 0 Å². The molecule has 2 nitrogen and oxygen atoms in total. The molecule has 2 heteroatoms. The van der Waals surface area contributed by atoms with Crippen molar-refractivity contribution in [2.75, 3.05) is 5.32 Å². The highest BCUT2D eigenvalue weighted by atomic mass is 16.3. The Kier molecular flexibility index (Phi) is 4.40. The first-order valence-corrected chi connectivity index (χ1v) is 10.3. The number of nitrogens with one attached hydrogen (secondary N) is 1. The van der Waals surface area contributed by atoms with E-state index in [2.05, 4.69) is 53.8 Å². The average Bonchev–Trinajstić information content (AvgIpc) is 2.75. The van der Waals surface area contributed by atoms with E-state index in [0.29, 0.717) is 11.8 Å². The molecular formula is C26H25NO. The highest BCUT2D eigenvalue weighted by molar-refractivity contribution is 6.11. The van der Waals surface area contributed by atoms with Crippen LogP contribution in [0.2, 0.25) is 0 Å². The Morgan fingerprint density at radius 3 is 1.96 bits per heavy atom. The molecule has 0 heterocycles. The van der Waals surface area contributed by atoms with E-state index >= 15 is 0 Å². The van der Waals surface area contributed by atoms with E-state index < -0.39 is 0 Å². The lowest BCUT2D eigenvalue weighted by Gasteiger charge is -2.26. The van der Waals surface area contributed by atoms with Gasteiger partial charge in [-0.05, 0) is 46.5 Å². The first kappa shape index (κ1) is 17.1. The molecule has 0 bridgehead atoms. The van der Waals surface area contributed by atoms with E-state index in [9.17, 15) is 5.11 Å². The van der Waals surface area contributed by atoms with Gasteiger partial charge in [0.2, 0.25) is 0 Å². The van der Waals surface area contributed by atoms with E-state index in [1.54, 1.807) is 0 Å². The summed E-state index contributed by atoms with van der Waals surface area (Å²) in [4.78, 5) is 0. The van der Waals surface area contributed by atoms with Gasteiger partial charge < -0.3 is 10.4 Å². The second-order valence-electron chi connectivity index (χ2n) is 7.87. The number of phenols is 1. The maximum Gasteiger partial charge on any atom is 0.124 e. The minimum Gasteiger partial charge on any atom is -0.507 e. The number of hydrogen-bond donors (Lipinski definition) is 2. The average molecular weight is 367 g/mol. The number of benzene rings is 4. The molecule has 0 saturated heterocycles. The maximum atomic E-state index is 10.9. The Morgan fingerprint density at radius 1 is 0.643 bits per heavy atom. The van der Waals surface area contributed by atoms with Crippen molar-refractivity contribution in [2.45, 2.75) is 38.1 Å². The molecule has 0 aliphatic heterocycles. The van der Waals surface area contributed by atoms with E-state index in [1.807, 2.05) is 24.3 Å². The molecule has 0 aromatic heterocycles. The second-order valence-corrected chi connectivity index (χ2v) is 7.87. The SMILES string of the molecule is Oc1ccc2ccccc2c1-c1c(NC2CCCCC2)ccc2ccccc12. The van der Waals surface area contributed by atoms with Gasteiger partial charge in [-0.1, -0.05) is 79.9 Å². The number of phenolic OH excluding ortho intramolecular Hbond substituents is 1. The van der Waals surface area contributed by atoms with E-state index in [-0.39, 0.29) is 0 Å². The smallest absolute Gasteiger partial charge is 0.124 e. The fraction of sp³-hybridized carbons (Fsp3) is 0.231. The number of hydrogen-bond acceptors (Lipinski definition) is 2. The third-order valence-electron chi connectivity index (χ3n) is 6.05. The van der Waals surface area contributed by atoms with Gasteiger partial charge in [-0.15, -0.1) is 0 Å². The Balaban J connectivity index is 1.78. The van der Waals surface area contributed by atoms with Crippen molar-refractivity contribution < 1.29 is 5.11 Å². The minimum absolute atomic E-state index is 0.335. The highest BCUT2D eigenvalue weighted by Crippen LogP contribution is 2.44. The number of aromatic hydroxyl groups is 1. The fourth-order valence-corrected chi connectivity index (χ4v) is 4.65. The van der Waals surface area contributed by atoms with Crippen LogP contribution in [0, 0.1) is 0 Å². The molecule has 0 unspecified atom stereocenters. The lowest BCUT2D eigenvalue weighted by molar-refractivity contribution is 0.462. The van der Waals surface area contributed by atoms with Gasteiger partial charge in [0.1, 0.15) is 5.75 Å². The van der Waals surface area contributed by atoms with Crippen LogP contribution in [0.25, 0.3) is 32.7 Å². The highest BCUT2D eigenvalue weighted by Gasteiger charge is 2.19. The van der Waals surface area contributed by atoms with E-state index in [1.165, 1.54) is 42.9 Å². The van der Waals surface area contributed by atoms with Crippen LogP contribution >= 0.6 is 0 Å². The van der Waals surface area contributed by atoms with Crippen LogP contribution in [0.1, 0.15) is 32.1 Å². The molecule has 0 amide bonds. The van der Waals surface area contributed by atoms with Gasteiger partial charge in [-0.2, -0.15) is 0 Å². The third-order valence-corrected chi connectivity index (χ3v) is 6.05. The standard InChI is InChI=1S/C26H25NO/c28-24-17-15-19-9-5-7-13-22(19)26(24)25-21-12-6-4-8-18(21)14-16-23(25)27-20-10-2-1-3-11-20/h4-9,12-17,20,27-28H,1-3,10-11H2.